The van der Waals surface area contributed by atoms with Crippen LogP contribution in [0.2, 0.25) is 10.0 Å². The Kier molecular flexibility index (Phi) is 10.0. The molecule has 3 amide bonds. The Morgan fingerprint density at radius 2 is 1.48 bits per heavy atom. The fourth-order valence-corrected chi connectivity index (χ4v) is 4.96. The van der Waals surface area contributed by atoms with E-state index >= 15 is 0 Å². The average Bonchev–Trinajstić information content (AvgIpc) is 2.93. The maximum Gasteiger partial charge on any atom is 0.272 e. The molecule has 4 aromatic carbocycles. The van der Waals surface area contributed by atoms with Gasteiger partial charge in [-0.05, 0) is 72.7 Å². The van der Waals surface area contributed by atoms with E-state index in [1.54, 1.807) is 66.7 Å². The van der Waals surface area contributed by atoms with E-state index in [1.165, 1.54) is 11.8 Å². The summed E-state index contributed by atoms with van der Waals surface area (Å²) in [6.07, 6.45) is 1.65. The number of rotatable bonds is 9. The third kappa shape index (κ3) is 8.48. The summed E-state index contributed by atoms with van der Waals surface area (Å²) in [6.45, 7) is 1.93. The third-order valence-electron chi connectivity index (χ3n) is 5.63. The van der Waals surface area contributed by atoms with Crippen LogP contribution in [0.25, 0.3) is 6.08 Å². The van der Waals surface area contributed by atoms with Gasteiger partial charge in [0, 0.05) is 31.9 Å². The highest BCUT2D eigenvalue weighted by molar-refractivity contribution is 8.00. The summed E-state index contributed by atoms with van der Waals surface area (Å²) in [5.74, 6) is -0.977. The molecule has 0 aliphatic rings. The first-order valence-corrected chi connectivity index (χ1v) is 13.9. The molecule has 202 valence electrons. The quantitative estimate of drug-likeness (QED) is 0.140. The van der Waals surface area contributed by atoms with Gasteiger partial charge in [0.1, 0.15) is 5.70 Å². The van der Waals surface area contributed by atoms with Gasteiger partial charge in [0.2, 0.25) is 5.91 Å². The van der Waals surface area contributed by atoms with Crippen LogP contribution in [0.15, 0.2) is 108 Å². The van der Waals surface area contributed by atoms with Gasteiger partial charge >= 0.3 is 0 Å². The first-order valence-electron chi connectivity index (χ1n) is 12.2. The zero-order valence-electron chi connectivity index (χ0n) is 21.4. The smallest absolute Gasteiger partial charge is 0.272 e. The second-order valence-corrected chi connectivity index (χ2v) is 10.6. The fraction of sp³-hybridized carbons (Fsp3) is 0.0645. The van der Waals surface area contributed by atoms with Crippen molar-refractivity contribution in [2.45, 2.75) is 11.8 Å². The largest absolute Gasteiger partial charge is 0.325 e. The van der Waals surface area contributed by atoms with E-state index in [0.29, 0.717) is 27.0 Å². The molecule has 3 N–H and O–H groups in total. The monoisotopic (exact) mass is 589 g/mol. The van der Waals surface area contributed by atoms with Crippen LogP contribution in [0.4, 0.5) is 11.4 Å². The minimum Gasteiger partial charge on any atom is -0.325 e. The number of halogens is 2. The number of anilines is 2. The van der Waals surface area contributed by atoms with Gasteiger partial charge in [-0.1, -0.05) is 71.7 Å². The molecule has 0 heterocycles. The van der Waals surface area contributed by atoms with Crippen molar-refractivity contribution in [3.8, 4) is 0 Å². The van der Waals surface area contributed by atoms with Crippen LogP contribution in [0, 0.1) is 6.92 Å². The minimum atomic E-state index is -0.481. The van der Waals surface area contributed by atoms with Gasteiger partial charge in [0.15, 0.2) is 0 Å². The lowest BCUT2D eigenvalue weighted by Gasteiger charge is -2.13. The van der Waals surface area contributed by atoms with Gasteiger partial charge in [0.25, 0.3) is 11.8 Å². The van der Waals surface area contributed by atoms with Gasteiger partial charge in [-0.3, -0.25) is 14.4 Å². The number of nitrogens with one attached hydrogen (secondary N) is 3. The van der Waals surface area contributed by atoms with E-state index in [9.17, 15) is 14.4 Å². The number of carbonyl (C=O) groups excluding carboxylic acids is 3. The molecule has 0 fully saturated rings. The van der Waals surface area contributed by atoms with Crippen molar-refractivity contribution < 1.29 is 14.4 Å². The lowest BCUT2D eigenvalue weighted by Crippen LogP contribution is -2.30. The Bertz CT molecular complexity index is 1560. The van der Waals surface area contributed by atoms with E-state index < -0.39 is 11.8 Å². The summed E-state index contributed by atoms with van der Waals surface area (Å²) in [6, 6.07) is 28.2. The van der Waals surface area contributed by atoms with E-state index in [4.69, 9.17) is 23.2 Å². The molecule has 0 radical (unpaired) electrons. The average molecular weight is 591 g/mol. The molecule has 4 aromatic rings. The normalized spacial score (nSPS) is 11.0. The molecule has 40 heavy (non-hydrogen) atoms. The lowest BCUT2D eigenvalue weighted by atomic mass is 10.1. The fourth-order valence-electron chi connectivity index (χ4n) is 3.68. The molecule has 0 aromatic heterocycles. The Hall–Kier alpha value is -4.04. The predicted molar refractivity (Wildman–Crippen MR) is 164 cm³/mol. The van der Waals surface area contributed by atoms with E-state index in [-0.39, 0.29) is 17.4 Å². The number of aryl methyl sites for hydroxylation is 1. The molecule has 0 spiro atoms. The van der Waals surface area contributed by atoms with Crippen molar-refractivity contribution >= 4 is 70.1 Å². The van der Waals surface area contributed by atoms with Crippen molar-refractivity contribution in [2.24, 2.45) is 0 Å². The summed E-state index contributed by atoms with van der Waals surface area (Å²) in [5, 5.41) is 9.22. The first-order chi connectivity index (χ1) is 19.3. The Balaban J connectivity index is 1.45. The Labute approximate surface area is 246 Å². The van der Waals surface area contributed by atoms with Crippen LogP contribution in [0.1, 0.15) is 21.5 Å². The zero-order valence-corrected chi connectivity index (χ0v) is 23.7. The number of hydrogen-bond donors (Lipinski definition) is 3. The summed E-state index contributed by atoms with van der Waals surface area (Å²) in [7, 11) is 0. The van der Waals surface area contributed by atoms with Crippen LogP contribution < -0.4 is 16.0 Å². The van der Waals surface area contributed by atoms with Crippen molar-refractivity contribution in [3.63, 3.8) is 0 Å². The molecule has 4 rings (SSSR count). The van der Waals surface area contributed by atoms with Gasteiger partial charge in [-0.15, -0.1) is 11.8 Å². The number of benzene rings is 4. The summed E-state index contributed by atoms with van der Waals surface area (Å²) in [4.78, 5) is 39.4. The highest BCUT2D eigenvalue weighted by Gasteiger charge is 2.16. The molecule has 9 heteroatoms. The topological polar surface area (TPSA) is 87.3 Å². The van der Waals surface area contributed by atoms with E-state index in [2.05, 4.69) is 16.0 Å². The van der Waals surface area contributed by atoms with Crippen molar-refractivity contribution in [3.05, 3.63) is 129 Å². The lowest BCUT2D eigenvalue weighted by molar-refractivity contribution is -0.114. The van der Waals surface area contributed by atoms with Crippen molar-refractivity contribution in [1.29, 1.82) is 0 Å². The van der Waals surface area contributed by atoms with Crippen LogP contribution in [-0.4, -0.2) is 23.5 Å². The summed E-state index contributed by atoms with van der Waals surface area (Å²) >= 11 is 13.3. The Morgan fingerprint density at radius 3 is 2.20 bits per heavy atom. The molecule has 0 saturated heterocycles. The molecule has 6 nitrogen and oxygen atoms in total. The standard InChI is InChI=1S/C31H25Cl2N3O3S/c1-20-8-5-6-11-22(20)14-28(36-30(38)21-9-3-2-4-10-21)31(39)35-25-12-7-13-27(18-25)40-19-29(37)34-26-16-23(32)15-24(33)17-26/h2-18H,19H2,1H3,(H,34,37)(H,35,39)(H,36,38)/b28-14-. The predicted octanol–water partition coefficient (Wildman–Crippen LogP) is 7.44. The van der Waals surface area contributed by atoms with E-state index in [1.807, 2.05) is 43.3 Å². The zero-order chi connectivity index (χ0) is 28.5. The molecule has 0 atom stereocenters. The molecular weight excluding hydrogens is 565 g/mol. The van der Waals surface area contributed by atoms with Crippen LogP contribution in [0.5, 0.6) is 0 Å². The number of hydrogen-bond acceptors (Lipinski definition) is 4. The van der Waals surface area contributed by atoms with Crippen LogP contribution in [0.3, 0.4) is 0 Å². The van der Waals surface area contributed by atoms with Crippen molar-refractivity contribution in [1.82, 2.24) is 5.32 Å². The molecule has 0 bridgehead atoms. The van der Waals surface area contributed by atoms with Gasteiger partial charge in [0.05, 0.1) is 5.75 Å². The Morgan fingerprint density at radius 1 is 0.775 bits per heavy atom. The first kappa shape index (κ1) is 29.0. The number of amides is 3. The van der Waals surface area contributed by atoms with Gasteiger partial charge in [-0.2, -0.15) is 0 Å². The maximum absolute atomic E-state index is 13.3. The highest BCUT2D eigenvalue weighted by Crippen LogP contribution is 2.25. The molecule has 0 aliphatic heterocycles. The number of thioether (sulfide) groups is 1. The summed E-state index contributed by atoms with van der Waals surface area (Å²) < 4.78 is 0. The van der Waals surface area contributed by atoms with Crippen molar-refractivity contribution in [2.75, 3.05) is 16.4 Å². The second-order valence-electron chi connectivity index (χ2n) is 8.71. The highest BCUT2D eigenvalue weighted by atomic mass is 35.5. The summed E-state index contributed by atoms with van der Waals surface area (Å²) in [5.41, 5.74) is 3.32. The van der Waals surface area contributed by atoms with Gasteiger partial charge in [-0.25, -0.2) is 0 Å². The SMILES string of the molecule is Cc1ccccc1/C=C(\NC(=O)c1ccccc1)C(=O)Nc1cccc(SCC(=O)Nc2cc(Cl)cc(Cl)c2)c1. The molecule has 0 unspecified atom stereocenters. The molecule has 0 aliphatic carbocycles. The van der Waals surface area contributed by atoms with E-state index in [0.717, 1.165) is 16.0 Å². The number of carbonyl (C=O) groups is 3. The molecular formula is C31H25Cl2N3O3S. The second kappa shape index (κ2) is 13.8. The van der Waals surface area contributed by atoms with Crippen LogP contribution in [-0.2, 0) is 9.59 Å². The molecule has 0 saturated carbocycles. The van der Waals surface area contributed by atoms with Crippen LogP contribution >= 0.6 is 35.0 Å². The minimum absolute atomic E-state index is 0.0979. The maximum atomic E-state index is 13.3. The van der Waals surface area contributed by atoms with Gasteiger partial charge < -0.3 is 16.0 Å². The third-order valence-corrected chi connectivity index (χ3v) is 7.06.